The molecule has 0 aliphatic heterocycles. The van der Waals surface area contributed by atoms with Crippen molar-refractivity contribution in [3.05, 3.63) is 84.2 Å². The molecule has 0 fully saturated rings. The number of hydrogen-bond acceptors (Lipinski definition) is 4. The van der Waals surface area contributed by atoms with Gasteiger partial charge in [0.05, 0.1) is 18.3 Å². The number of hydrogen-bond donors (Lipinski definition) is 1. The Morgan fingerprint density at radius 1 is 1.03 bits per heavy atom. The number of ether oxygens (including phenoxy) is 2. The van der Waals surface area contributed by atoms with Gasteiger partial charge in [0.25, 0.3) is 5.91 Å². The van der Waals surface area contributed by atoms with Crippen LogP contribution in [0, 0.1) is 12.7 Å². The number of anilines is 1. The highest BCUT2D eigenvalue weighted by Gasteiger charge is 2.11. The zero-order valence-electron chi connectivity index (χ0n) is 17.2. The molecule has 1 aromatic heterocycles. The smallest absolute Gasteiger partial charge is 0.262 e. The largest absolute Gasteiger partial charge is 0.497 e. The van der Waals surface area contributed by atoms with E-state index in [2.05, 4.69) is 5.32 Å². The number of nitrogens with one attached hydrogen (secondary N) is 1. The van der Waals surface area contributed by atoms with Gasteiger partial charge in [-0.05, 0) is 61.0 Å². The van der Waals surface area contributed by atoms with Crippen molar-refractivity contribution in [1.29, 1.82) is 0 Å². The molecule has 0 aliphatic rings. The molecule has 0 radical (unpaired) electrons. The van der Waals surface area contributed by atoms with Crippen LogP contribution < -0.4 is 14.8 Å². The molecule has 6 heteroatoms. The third-order valence-electron chi connectivity index (χ3n) is 4.88. The fourth-order valence-electron chi connectivity index (χ4n) is 3.18. The molecular weight excluding hydrogens is 395 g/mol. The molecule has 0 saturated heterocycles. The molecule has 0 saturated carbocycles. The van der Waals surface area contributed by atoms with E-state index >= 15 is 0 Å². The number of carbonyl (C=O) groups excluding carboxylic acids is 1. The Bertz CT molecular complexity index is 1240. The van der Waals surface area contributed by atoms with Gasteiger partial charge in [-0.3, -0.25) is 4.79 Å². The van der Waals surface area contributed by atoms with E-state index in [-0.39, 0.29) is 18.3 Å². The molecule has 0 aliphatic carbocycles. The summed E-state index contributed by atoms with van der Waals surface area (Å²) in [6, 6.07) is 21.5. The molecule has 0 bridgehead atoms. The maximum Gasteiger partial charge on any atom is 0.262 e. The number of rotatable bonds is 6. The van der Waals surface area contributed by atoms with Crippen LogP contribution in [0.15, 0.2) is 72.8 Å². The van der Waals surface area contributed by atoms with Gasteiger partial charge >= 0.3 is 0 Å². The average molecular weight is 416 g/mol. The van der Waals surface area contributed by atoms with Crippen LogP contribution in [-0.4, -0.2) is 24.6 Å². The molecule has 0 unspecified atom stereocenters. The first-order chi connectivity index (χ1) is 15.0. The lowest BCUT2D eigenvalue weighted by Crippen LogP contribution is -2.20. The number of methoxy groups -OCH3 is 1. The Morgan fingerprint density at radius 2 is 1.81 bits per heavy atom. The predicted molar refractivity (Wildman–Crippen MR) is 119 cm³/mol. The summed E-state index contributed by atoms with van der Waals surface area (Å²) in [6.45, 7) is 1.45. The van der Waals surface area contributed by atoms with Crippen LogP contribution >= 0.6 is 0 Å². The lowest BCUT2D eigenvalue weighted by atomic mass is 10.1. The zero-order chi connectivity index (χ0) is 21.8. The fraction of sp³-hybridized carbons (Fsp3) is 0.120. The van der Waals surface area contributed by atoms with Crippen LogP contribution in [0.2, 0.25) is 0 Å². The van der Waals surface area contributed by atoms with E-state index in [9.17, 15) is 9.18 Å². The third kappa shape index (κ3) is 4.64. The van der Waals surface area contributed by atoms with Crippen LogP contribution in [0.1, 0.15) is 5.56 Å². The topological polar surface area (TPSA) is 60.5 Å². The van der Waals surface area contributed by atoms with Crippen LogP contribution in [0.25, 0.3) is 22.2 Å². The fourth-order valence-corrected chi connectivity index (χ4v) is 3.18. The van der Waals surface area contributed by atoms with Crippen LogP contribution in [0.3, 0.4) is 0 Å². The molecule has 1 N–H and O–H groups in total. The van der Waals surface area contributed by atoms with Gasteiger partial charge in [-0.1, -0.05) is 18.2 Å². The van der Waals surface area contributed by atoms with Gasteiger partial charge in [0.15, 0.2) is 6.61 Å². The van der Waals surface area contributed by atoms with E-state index in [1.54, 1.807) is 26.2 Å². The van der Waals surface area contributed by atoms with Crippen molar-refractivity contribution in [1.82, 2.24) is 4.98 Å². The summed E-state index contributed by atoms with van der Waals surface area (Å²) in [6.07, 6.45) is 0. The van der Waals surface area contributed by atoms with E-state index in [1.807, 2.05) is 54.6 Å². The number of aromatic nitrogens is 1. The van der Waals surface area contributed by atoms with Crippen molar-refractivity contribution in [2.75, 3.05) is 19.0 Å². The van der Waals surface area contributed by atoms with E-state index < -0.39 is 0 Å². The number of fused-ring (bicyclic) bond motifs is 1. The first-order valence-corrected chi connectivity index (χ1v) is 9.76. The van der Waals surface area contributed by atoms with Gasteiger partial charge < -0.3 is 14.8 Å². The Morgan fingerprint density at radius 3 is 2.55 bits per heavy atom. The maximum atomic E-state index is 13.7. The van der Waals surface area contributed by atoms with E-state index in [0.29, 0.717) is 17.0 Å². The van der Waals surface area contributed by atoms with E-state index in [4.69, 9.17) is 14.5 Å². The molecule has 4 rings (SSSR count). The van der Waals surface area contributed by atoms with Crippen molar-refractivity contribution in [3.8, 4) is 22.8 Å². The van der Waals surface area contributed by atoms with Crippen molar-refractivity contribution < 1.29 is 18.7 Å². The third-order valence-corrected chi connectivity index (χ3v) is 4.88. The summed E-state index contributed by atoms with van der Waals surface area (Å²) in [5, 5.41) is 3.45. The first-order valence-electron chi connectivity index (χ1n) is 9.76. The molecule has 4 aromatic rings. The Kier molecular flexibility index (Phi) is 5.80. The average Bonchev–Trinajstić information content (AvgIpc) is 2.80. The quantitative estimate of drug-likeness (QED) is 0.459. The highest BCUT2D eigenvalue weighted by atomic mass is 19.1. The number of pyridine rings is 1. The van der Waals surface area contributed by atoms with Gasteiger partial charge in [-0.25, -0.2) is 9.37 Å². The minimum Gasteiger partial charge on any atom is -0.497 e. The van der Waals surface area contributed by atoms with Crippen LogP contribution in [0.4, 0.5) is 10.1 Å². The highest BCUT2D eigenvalue weighted by Crippen LogP contribution is 2.30. The number of amides is 1. The number of nitrogens with zero attached hydrogens (tertiary/aromatic N) is 1. The Hall–Kier alpha value is -3.93. The number of para-hydroxylation sites is 1. The number of halogens is 1. The predicted octanol–water partition coefficient (Wildman–Crippen LogP) is 5.38. The SMILES string of the molecule is COc1ccc(-c2cc(OCC(=O)Nc3ccc(C)c(F)c3)c3ccccc3n2)cc1. The van der Waals surface area contributed by atoms with Gasteiger partial charge in [0.1, 0.15) is 17.3 Å². The molecule has 156 valence electrons. The maximum absolute atomic E-state index is 13.7. The Labute approximate surface area is 179 Å². The van der Waals surface area contributed by atoms with E-state index in [1.165, 1.54) is 6.07 Å². The summed E-state index contributed by atoms with van der Waals surface area (Å²) in [5.74, 6) is 0.546. The molecular formula is C25H21FN2O3. The summed E-state index contributed by atoms with van der Waals surface area (Å²) in [7, 11) is 1.62. The van der Waals surface area contributed by atoms with Gasteiger partial charge in [-0.2, -0.15) is 0 Å². The second-order valence-electron chi connectivity index (χ2n) is 7.05. The standard InChI is InChI=1S/C25H21FN2O3/c1-16-7-10-18(13-21(16)26)27-25(29)15-31-24-14-23(17-8-11-19(30-2)12-9-17)28-22-6-4-3-5-20(22)24/h3-14H,15H2,1-2H3,(H,27,29). The first kappa shape index (κ1) is 20.3. The van der Waals surface area contributed by atoms with Crippen molar-refractivity contribution >= 4 is 22.5 Å². The van der Waals surface area contributed by atoms with Crippen molar-refractivity contribution in [2.45, 2.75) is 6.92 Å². The lowest BCUT2D eigenvalue weighted by molar-refractivity contribution is -0.118. The molecule has 31 heavy (non-hydrogen) atoms. The number of carbonyl (C=O) groups is 1. The lowest BCUT2D eigenvalue weighted by Gasteiger charge is -2.12. The van der Waals surface area contributed by atoms with Crippen molar-refractivity contribution in [3.63, 3.8) is 0 Å². The molecule has 5 nitrogen and oxygen atoms in total. The highest BCUT2D eigenvalue weighted by molar-refractivity contribution is 5.93. The van der Waals surface area contributed by atoms with Crippen LogP contribution in [0.5, 0.6) is 11.5 Å². The molecule has 3 aromatic carbocycles. The summed E-state index contributed by atoms with van der Waals surface area (Å²) in [5.41, 5.74) is 3.28. The molecule has 0 spiro atoms. The van der Waals surface area contributed by atoms with Gasteiger partial charge in [-0.15, -0.1) is 0 Å². The summed E-state index contributed by atoms with van der Waals surface area (Å²) < 4.78 is 24.8. The monoisotopic (exact) mass is 416 g/mol. The molecule has 1 heterocycles. The zero-order valence-corrected chi connectivity index (χ0v) is 17.2. The normalized spacial score (nSPS) is 10.7. The second-order valence-corrected chi connectivity index (χ2v) is 7.05. The summed E-state index contributed by atoms with van der Waals surface area (Å²) >= 11 is 0. The molecule has 1 amide bonds. The Balaban J connectivity index is 1.57. The minimum absolute atomic E-state index is 0.217. The van der Waals surface area contributed by atoms with E-state index in [0.717, 1.165) is 27.9 Å². The number of aryl methyl sites for hydroxylation is 1. The van der Waals surface area contributed by atoms with Gasteiger partial charge in [0, 0.05) is 22.7 Å². The van der Waals surface area contributed by atoms with Gasteiger partial charge in [0.2, 0.25) is 0 Å². The summed E-state index contributed by atoms with van der Waals surface area (Å²) in [4.78, 5) is 17.1. The van der Waals surface area contributed by atoms with Crippen molar-refractivity contribution in [2.24, 2.45) is 0 Å². The van der Waals surface area contributed by atoms with Crippen LogP contribution in [-0.2, 0) is 4.79 Å². The number of benzene rings is 3. The molecule has 0 atom stereocenters. The minimum atomic E-state index is -0.379. The second kappa shape index (κ2) is 8.83.